The van der Waals surface area contributed by atoms with Gasteiger partial charge in [-0.3, -0.25) is 4.98 Å². The molecule has 98 valence electrons. The number of nitrogens with zero attached hydrogens (tertiary/aromatic N) is 1. The minimum absolute atomic E-state index is 0.293. The van der Waals surface area contributed by atoms with Gasteiger partial charge in [0, 0.05) is 25.0 Å². The van der Waals surface area contributed by atoms with Crippen LogP contribution in [-0.4, -0.2) is 4.98 Å². The molecule has 1 heterocycles. The van der Waals surface area contributed by atoms with E-state index in [-0.39, 0.29) is 0 Å². The lowest BCUT2D eigenvalue weighted by Gasteiger charge is -2.17. The van der Waals surface area contributed by atoms with Gasteiger partial charge in [0.05, 0.1) is 0 Å². The summed E-state index contributed by atoms with van der Waals surface area (Å²) < 4.78 is 0. The molecule has 2 aromatic rings. The lowest BCUT2D eigenvalue weighted by Crippen LogP contribution is -2.20. The van der Waals surface area contributed by atoms with Crippen molar-refractivity contribution in [2.24, 2.45) is 0 Å². The molecule has 0 amide bonds. The summed E-state index contributed by atoms with van der Waals surface area (Å²) in [6.45, 7) is 6.81. The number of nitrogens with one attached hydrogen (secondary N) is 1. The van der Waals surface area contributed by atoms with Crippen LogP contribution in [0.2, 0.25) is 0 Å². The van der Waals surface area contributed by atoms with Gasteiger partial charge in [-0.05, 0) is 36.6 Å². The minimum atomic E-state index is 0.293. The summed E-state index contributed by atoms with van der Waals surface area (Å²) in [7, 11) is 0. The molecule has 1 aromatic heterocycles. The molecule has 0 aliphatic heterocycles. The zero-order chi connectivity index (χ0) is 13.5. The van der Waals surface area contributed by atoms with Crippen LogP contribution >= 0.6 is 0 Å². The van der Waals surface area contributed by atoms with E-state index >= 15 is 0 Å². The van der Waals surface area contributed by atoms with Gasteiger partial charge in [-0.15, -0.1) is 6.58 Å². The highest BCUT2D eigenvalue weighted by Gasteiger charge is 2.08. The highest BCUT2D eigenvalue weighted by Crippen LogP contribution is 2.17. The van der Waals surface area contributed by atoms with Crippen LogP contribution in [0.3, 0.4) is 0 Å². The topological polar surface area (TPSA) is 24.9 Å². The Balaban J connectivity index is 2.01. The maximum atomic E-state index is 4.06. The highest BCUT2D eigenvalue weighted by molar-refractivity contribution is 5.22. The van der Waals surface area contributed by atoms with Crippen molar-refractivity contribution in [3.05, 3.63) is 78.1 Å². The monoisotopic (exact) mass is 252 g/mol. The third-order valence-corrected chi connectivity index (χ3v) is 3.18. The fraction of sp³-hybridized carbons (Fsp3) is 0.235. The van der Waals surface area contributed by atoms with Crippen LogP contribution in [0.25, 0.3) is 0 Å². The van der Waals surface area contributed by atoms with Crippen LogP contribution in [0.4, 0.5) is 0 Å². The predicted molar refractivity (Wildman–Crippen MR) is 79.8 cm³/mol. The number of benzene rings is 1. The van der Waals surface area contributed by atoms with E-state index in [1.807, 2.05) is 18.5 Å². The second-order valence-corrected chi connectivity index (χ2v) is 4.72. The number of pyridine rings is 1. The molecular weight excluding hydrogens is 232 g/mol. The van der Waals surface area contributed by atoms with Gasteiger partial charge in [0.1, 0.15) is 0 Å². The first kappa shape index (κ1) is 13.5. The van der Waals surface area contributed by atoms with E-state index in [0.29, 0.717) is 6.04 Å². The number of hydrogen-bond acceptors (Lipinski definition) is 2. The molecule has 0 fully saturated rings. The maximum absolute atomic E-state index is 4.06. The van der Waals surface area contributed by atoms with Gasteiger partial charge < -0.3 is 5.32 Å². The summed E-state index contributed by atoms with van der Waals surface area (Å²) in [6.07, 6.45) is 6.53. The summed E-state index contributed by atoms with van der Waals surface area (Å²) in [6, 6.07) is 13.0. The number of hydrogen-bond donors (Lipinski definition) is 1. The maximum Gasteiger partial charge on any atom is 0.0358 e. The SMILES string of the molecule is C=CCC(NCc1ccc(C)cc1)c1ccncc1. The largest absolute Gasteiger partial charge is 0.306 e. The van der Waals surface area contributed by atoms with Crippen molar-refractivity contribution in [3.8, 4) is 0 Å². The van der Waals surface area contributed by atoms with Crippen molar-refractivity contribution in [1.29, 1.82) is 0 Å². The van der Waals surface area contributed by atoms with Crippen molar-refractivity contribution >= 4 is 0 Å². The Bertz CT molecular complexity index is 503. The summed E-state index contributed by atoms with van der Waals surface area (Å²) in [5, 5.41) is 3.57. The second kappa shape index (κ2) is 6.86. The third kappa shape index (κ3) is 4.04. The molecule has 1 aromatic carbocycles. The van der Waals surface area contributed by atoms with Gasteiger partial charge in [-0.1, -0.05) is 35.9 Å². The molecule has 1 atom stereocenters. The summed E-state index contributed by atoms with van der Waals surface area (Å²) in [5.74, 6) is 0. The third-order valence-electron chi connectivity index (χ3n) is 3.18. The molecule has 19 heavy (non-hydrogen) atoms. The summed E-state index contributed by atoms with van der Waals surface area (Å²) in [4.78, 5) is 4.06. The highest BCUT2D eigenvalue weighted by atomic mass is 14.9. The fourth-order valence-electron chi connectivity index (χ4n) is 2.05. The van der Waals surface area contributed by atoms with Crippen molar-refractivity contribution in [3.63, 3.8) is 0 Å². The van der Waals surface area contributed by atoms with Crippen molar-refractivity contribution in [2.75, 3.05) is 0 Å². The van der Waals surface area contributed by atoms with E-state index < -0.39 is 0 Å². The lowest BCUT2D eigenvalue weighted by atomic mass is 10.0. The smallest absolute Gasteiger partial charge is 0.0358 e. The molecule has 2 rings (SSSR count). The Morgan fingerprint density at radius 3 is 2.47 bits per heavy atom. The Labute approximate surface area is 115 Å². The molecule has 1 unspecified atom stereocenters. The van der Waals surface area contributed by atoms with Gasteiger partial charge in [0.2, 0.25) is 0 Å². The molecule has 0 saturated carbocycles. The predicted octanol–water partition coefficient (Wildman–Crippen LogP) is 3.80. The second-order valence-electron chi connectivity index (χ2n) is 4.72. The molecule has 0 radical (unpaired) electrons. The van der Waals surface area contributed by atoms with E-state index in [0.717, 1.165) is 13.0 Å². The Kier molecular flexibility index (Phi) is 4.87. The summed E-state index contributed by atoms with van der Waals surface area (Å²) in [5.41, 5.74) is 3.84. The van der Waals surface area contributed by atoms with Crippen LogP contribution in [0.15, 0.2) is 61.4 Å². The van der Waals surface area contributed by atoms with E-state index in [1.54, 1.807) is 0 Å². The van der Waals surface area contributed by atoms with E-state index in [4.69, 9.17) is 0 Å². The quantitative estimate of drug-likeness (QED) is 0.791. The number of rotatable bonds is 6. The Hall–Kier alpha value is -1.93. The van der Waals surface area contributed by atoms with Gasteiger partial charge in [-0.2, -0.15) is 0 Å². The van der Waals surface area contributed by atoms with Gasteiger partial charge in [-0.25, -0.2) is 0 Å². The van der Waals surface area contributed by atoms with Gasteiger partial charge in [0.15, 0.2) is 0 Å². The van der Waals surface area contributed by atoms with Crippen LogP contribution in [0.1, 0.15) is 29.2 Å². The normalized spacial score (nSPS) is 12.1. The Morgan fingerprint density at radius 1 is 1.16 bits per heavy atom. The van der Waals surface area contributed by atoms with Crippen LogP contribution in [0, 0.1) is 6.92 Å². The average molecular weight is 252 g/mol. The minimum Gasteiger partial charge on any atom is -0.306 e. The first-order valence-corrected chi connectivity index (χ1v) is 6.59. The molecule has 2 nitrogen and oxygen atoms in total. The van der Waals surface area contributed by atoms with E-state index in [1.165, 1.54) is 16.7 Å². The summed E-state index contributed by atoms with van der Waals surface area (Å²) >= 11 is 0. The van der Waals surface area contributed by atoms with Crippen molar-refractivity contribution in [1.82, 2.24) is 10.3 Å². The number of aryl methyl sites for hydroxylation is 1. The lowest BCUT2D eigenvalue weighted by molar-refractivity contribution is 0.538. The molecule has 0 bridgehead atoms. The Morgan fingerprint density at radius 2 is 1.84 bits per heavy atom. The zero-order valence-corrected chi connectivity index (χ0v) is 11.3. The fourth-order valence-corrected chi connectivity index (χ4v) is 2.05. The van der Waals surface area contributed by atoms with Crippen LogP contribution in [-0.2, 0) is 6.54 Å². The molecule has 0 aliphatic rings. The van der Waals surface area contributed by atoms with Gasteiger partial charge in [0.25, 0.3) is 0 Å². The molecule has 0 spiro atoms. The standard InChI is InChI=1S/C17H20N2/c1-3-4-17(16-9-11-18-12-10-16)19-13-15-7-5-14(2)6-8-15/h3,5-12,17,19H,1,4,13H2,2H3. The van der Waals surface area contributed by atoms with E-state index in [2.05, 4.69) is 60.2 Å². The molecule has 2 heteroatoms. The van der Waals surface area contributed by atoms with Gasteiger partial charge >= 0.3 is 0 Å². The van der Waals surface area contributed by atoms with E-state index in [9.17, 15) is 0 Å². The first-order valence-electron chi connectivity index (χ1n) is 6.59. The van der Waals surface area contributed by atoms with Crippen LogP contribution < -0.4 is 5.32 Å². The zero-order valence-electron chi connectivity index (χ0n) is 11.3. The molecule has 0 saturated heterocycles. The van der Waals surface area contributed by atoms with Crippen molar-refractivity contribution < 1.29 is 0 Å². The molecule has 0 aliphatic carbocycles. The average Bonchev–Trinajstić information content (AvgIpc) is 2.46. The number of aromatic nitrogens is 1. The molecular formula is C17H20N2. The first-order chi connectivity index (χ1) is 9.29. The van der Waals surface area contributed by atoms with Crippen molar-refractivity contribution in [2.45, 2.75) is 25.9 Å². The van der Waals surface area contributed by atoms with Crippen LogP contribution in [0.5, 0.6) is 0 Å². The molecule has 1 N–H and O–H groups in total.